The smallest absolute Gasteiger partial charge is 0.241 e. The first-order valence-corrected chi connectivity index (χ1v) is 8.80. The first-order valence-electron chi connectivity index (χ1n) is 8.80. The first-order chi connectivity index (χ1) is 11.8. The van der Waals surface area contributed by atoms with Crippen molar-refractivity contribution in [3.05, 3.63) is 70.8 Å². The van der Waals surface area contributed by atoms with E-state index in [1.807, 2.05) is 12.1 Å². The zero-order chi connectivity index (χ0) is 17.8. The van der Waals surface area contributed by atoms with Gasteiger partial charge in [-0.05, 0) is 42.7 Å². The molecular weight excluding hydrogens is 308 g/mol. The lowest BCUT2D eigenvalue weighted by molar-refractivity contribution is -0.118. The zero-order valence-electron chi connectivity index (χ0n) is 15.3. The molecule has 1 saturated heterocycles. The number of nitrogens with zero attached hydrogens (tertiary/aromatic N) is 1. The van der Waals surface area contributed by atoms with Crippen LogP contribution >= 0.6 is 0 Å². The van der Waals surface area contributed by atoms with Gasteiger partial charge in [0, 0.05) is 11.1 Å². The average molecular weight is 332 g/mol. The largest absolute Gasteiger partial charge is 0.335 e. The lowest BCUT2D eigenvalue weighted by atomic mass is 9.75. The molecule has 3 heteroatoms. The van der Waals surface area contributed by atoms with E-state index in [4.69, 9.17) is 0 Å². The minimum Gasteiger partial charge on any atom is -0.335 e. The predicted molar refractivity (Wildman–Crippen MR) is 103 cm³/mol. The van der Waals surface area contributed by atoms with Crippen LogP contribution in [0.5, 0.6) is 0 Å². The maximum atomic E-state index is 12.3. The van der Waals surface area contributed by atoms with E-state index >= 15 is 0 Å². The van der Waals surface area contributed by atoms with Crippen molar-refractivity contribution in [2.24, 2.45) is 0 Å². The number of fused-ring (bicyclic) bond motifs is 3. The van der Waals surface area contributed by atoms with E-state index in [-0.39, 0.29) is 11.3 Å². The van der Waals surface area contributed by atoms with E-state index in [1.54, 1.807) is 0 Å². The summed E-state index contributed by atoms with van der Waals surface area (Å²) in [7, 11) is 0. The fourth-order valence-electron chi connectivity index (χ4n) is 4.27. The van der Waals surface area contributed by atoms with Gasteiger partial charge in [-0.3, -0.25) is 4.79 Å². The van der Waals surface area contributed by atoms with Crippen molar-refractivity contribution in [3.63, 3.8) is 0 Å². The Balaban J connectivity index is 1.87. The quantitative estimate of drug-likeness (QED) is 0.903. The van der Waals surface area contributed by atoms with Crippen LogP contribution in [0, 0.1) is 13.8 Å². The normalized spacial score (nSPS) is 23.7. The minimum absolute atomic E-state index is 0.0775. The molecule has 0 saturated carbocycles. The number of aryl methyl sites for hydroxylation is 2. The van der Waals surface area contributed by atoms with Crippen LogP contribution in [0.1, 0.15) is 36.1 Å². The molecule has 2 aromatic carbocycles. The minimum atomic E-state index is -0.525. The Labute approximate surface area is 149 Å². The van der Waals surface area contributed by atoms with Gasteiger partial charge in [0.05, 0.1) is 6.54 Å². The molecule has 2 heterocycles. The summed E-state index contributed by atoms with van der Waals surface area (Å²) < 4.78 is 0. The number of amides is 1. The highest BCUT2D eigenvalue weighted by atomic mass is 16.2. The van der Waals surface area contributed by atoms with Gasteiger partial charge in [0.2, 0.25) is 5.91 Å². The fraction of sp³-hybridized carbons (Fsp3) is 0.318. The molecule has 25 heavy (non-hydrogen) atoms. The topological polar surface area (TPSA) is 32.3 Å². The van der Waals surface area contributed by atoms with E-state index in [0.29, 0.717) is 6.54 Å². The van der Waals surface area contributed by atoms with Crippen LogP contribution in [-0.2, 0) is 10.2 Å². The molecule has 1 fully saturated rings. The zero-order valence-corrected chi connectivity index (χ0v) is 15.3. The molecule has 0 unspecified atom stereocenters. The van der Waals surface area contributed by atoms with Gasteiger partial charge in [0.15, 0.2) is 0 Å². The Morgan fingerprint density at radius 2 is 1.88 bits per heavy atom. The van der Waals surface area contributed by atoms with Gasteiger partial charge in [-0.1, -0.05) is 61.9 Å². The third-order valence-electron chi connectivity index (χ3n) is 5.82. The molecule has 0 radical (unpaired) electrons. The summed E-state index contributed by atoms with van der Waals surface area (Å²) in [5, 5.41) is 3.28. The molecule has 128 valence electrons. The second kappa shape index (κ2) is 5.22. The van der Waals surface area contributed by atoms with E-state index < -0.39 is 5.66 Å². The number of hydrogen-bond donors (Lipinski definition) is 1. The molecule has 2 aliphatic rings. The molecule has 0 aliphatic carbocycles. The number of nitrogens with one attached hydrogen (secondary N) is 1. The highest BCUT2D eigenvalue weighted by Gasteiger charge is 2.59. The lowest BCUT2D eigenvalue weighted by Crippen LogP contribution is -2.58. The molecule has 4 rings (SSSR count). The van der Waals surface area contributed by atoms with E-state index in [0.717, 1.165) is 5.69 Å². The van der Waals surface area contributed by atoms with Crippen molar-refractivity contribution < 1.29 is 4.79 Å². The molecular formula is C22H24N2O. The Morgan fingerprint density at radius 1 is 1.12 bits per heavy atom. The van der Waals surface area contributed by atoms with Gasteiger partial charge < -0.3 is 10.2 Å². The van der Waals surface area contributed by atoms with Gasteiger partial charge in [0.1, 0.15) is 5.66 Å². The molecule has 1 N–H and O–H groups in total. The maximum Gasteiger partial charge on any atom is 0.241 e. The van der Waals surface area contributed by atoms with Crippen LogP contribution in [-0.4, -0.2) is 18.1 Å². The van der Waals surface area contributed by atoms with E-state index in [9.17, 15) is 4.79 Å². The summed E-state index contributed by atoms with van der Waals surface area (Å²) in [5.74, 6) is 0.0775. The van der Waals surface area contributed by atoms with Gasteiger partial charge in [0.25, 0.3) is 0 Å². The van der Waals surface area contributed by atoms with Crippen LogP contribution in [0.4, 0.5) is 5.69 Å². The number of hydrogen-bond acceptors (Lipinski definition) is 2. The number of carbonyl (C=O) groups is 1. The van der Waals surface area contributed by atoms with Crippen molar-refractivity contribution in [3.8, 4) is 0 Å². The highest BCUT2D eigenvalue weighted by Crippen LogP contribution is 2.53. The summed E-state index contributed by atoms with van der Waals surface area (Å²) in [6.07, 6.45) is 4.32. The van der Waals surface area contributed by atoms with Gasteiger partial charge >= 0.3 is 0 Å². The summed E-state index contributed by atoms with van der Waals surface area (Å²) in [6, 6.07) is 14.8. The lowest BCUT2D eigenvalue weighted by Gasteiger charge is -2.40. The summed E-state index contributed by atoms with van der Waals surface area (Å²) in [4.78, 5) is 14.5. The highest BCUT2D eigenvalue weighted by molar-refractivity contribution is 5.91. The second-order valence-electron chi connectivity index (χ2n) is 7.74. The Hall–Kier alpha value is -2.55. The van der Waals surface area contributed by atoms with Gasteiger partial charge in [-0.15, -0.1) is 0 Å². The molecule has 2 aliphatic heterocycles. The fourth-order valence-corrected chi connectivity index (χ4v) is 4.27. The van der Waals surface area contributed by atoms with Gasteiger partial charge in [-0.2, -0.15) is 0 Å². The maximum absolute atomic E-state index is 12.3. The molecule has 0 spiro atoms. The summed E-state index contributed by atoms with van der Waals surface area (Å²) >= 11 is 0. The number of rotatable bonds is 2. The van der Waals surface area contributed by atoms with E-state index in [1.165, 1.54) is 22.3 Å². The summed E-state index contributed by atoms with van der Waals surface area (Å²) in [6.45, 7) is 9.07. The third-order valence-corrected chi connectivity index (χ3v) is 5.82. The number of benzene rings is 2. The molecule has 0 bridgehead atoms. The average Bonchev–Trinajstić information content (AvgIpc) is 2.99. The molecule has 0 aromatic heterocycles. The Bertz CT molecular complexity index is 897. The number of anilines is 1. The summed E-state index contributed by atoms with van der Waals surface area (Å²) in [5.41, 5.74) is 5.36. The van der Waals surface area contributed by atoms with Crippen molar-refractivity contribution in [2.75, 3.05) is 11.4 Å². The van der Waals surface area contributed by atoms with Crippen molar-refractivity contribution in [2.45, 2.75) is 38.8 Å². The third kappa shape index (κ3) is 2.15. The van der Waals surface area contributed by atoms with Crippen molar-refractivity contribution >= 4 is 17.7 Å². The van der Waals surface area contributed by atoms with Crippen LogP contribution in [0.15, 0.2) is 48.5 Å². The Kier molecular flexibility index (Phi) is 3.33. The van der Waals surface area contributed by atoms with Crippen LogP contribution in [0.2, 0.25) is 0 Å². The second-order valence-corrected chi connectivity index (χ2v) is 7.74. The van der Waals surface area contributed by atoms with Crippen LogP contribution < -0.4 is 10.2 Å². The van der Waals surface area contributed by atoms with Crippen molar-refractivity contribution in [1.82, 2.24) is 5.32 Å². The monoisotopic (exact) mass is 332 g/mol. The van der Waals surface area contributed by atoms with Gasteiger partial charge in [-0.25, -0.2) is 0 Å². The molecule has 1 atom stereocenters. The number of carbonyl (C=O) groups excluding carboxylic acids is 1. The van der Waals surface area contributed by atoms with Crippen molar-refractivity contribution in [1.29, 1.82) is 0 Å². The van der Waals surface area contributed by atoms with E-state index in [2.05, 4.69) is 80.4 Å². The SMILES string of the molecule is Cc1ccc2c(c1)C(C)(C)[C@]1(/C=C/c3ccccc3C)NC(=O)CN21. The van der Waals surface area contributed by atoms with Crippen LogP contribution in [0.25, 0.3) is 6.08 Å². The predicted octanol–water partition coefficient (Wildman–Crippen LogP) is 3.94. The molecule has 2 aromatic rings. The first kappa shape index (κ1) is 15.9. The standard InChI is InChI=1S/C22H24N2O/c1-15-9-10-19-18(13-15)21(3,4)22(23-20(25)14-24(19)22)12-11-17-8-6-5-7-16(17)2/h5-13H,14H2,1-4H3,(H,23,25)/b12-11+/t22-/m1/s1. The Morgan fingerprint density at radius 3 is 2.64 bits per heavy atom. The molecule has 1 amide bonds. The van der Waals surface area contributed by atoms with Crippen LogP contribution in [0.3, 0.4) is 0 Å². The molecule has 3 nitrogen and oxygen atoms in total.